The first-order chi connectivity index (χ1) is 14.4. The average molecular weight is 450 g/mol. The molecular weight excluding hydrogens is 422 g/mol. The van der Waals surface area contributed by atoms with Gasteiger partial charge in [-0.05, 0) is 50.6 Å². The molecule has 0 saturated carbocycles. The van der Waals surface area contributed by atoms with Gasteiger partial charge in [0, 0.05) is 12.1 Å². The van der Waals surface area contributed by atoms with Crippen LogP contribution >= 0.6 is 0 Å². The van der Waals surface area contributed by atoms with E-state index < -0.39 is 39.6 Å². The molecule has 0 heterocycles. The van der Waals surface area contributed by atoms with Gasteiger partial charge in [0.2, 0.25) is 10.0 Å². The maximum Gasteiger partial charge on any atom is 0.321 e. The zero-order valence-corrected chi connectivity index (χ0v) is 18.7. The van der Waals surface area contributed by atoms with E-state index in [1.807, 2.05) is 18.2 Å². The van der Waals surface area contributed by atoms with Gasteiger partial charge in [-0.15, -0.1) is 0 Å². The van der Waals surface area contributed by atoms with Gasteiger partial charge in [0.1, 0.15) is 0 Å². The van der Waals surface area contributed by atoms with Crippen molar-refractivity contribution >= 4 is 38.7 Å². The fourth-order valence-corrected chi connectivity index (χ4v) is 3.67. The number of amides is 3. The summed E-state index contributed by atoms with van der Waals surface area (Å²) in [5.41, 5.74) is -0.535. The first-order valence-electron chi connectivity index (χ1n) is 9.68. The predicted molar refractivity (Wildman–Crippen MR) is 116 cm³/mol. The van der Waals surface area contributed by atoms with Crippen LogP contribution in [-0.2, 0) is 24.3 Å². The maximum absolute atomic E-state index is 12.5. The molecule has 0 aromatic heterocycles. The summed E-state index contributed by atoms with van der Waals surface area (Å²) >= 11 is 0. The SMILES string of the molecule is CC(OC(=O)CCNS(=O)(=O)c1ccc2ccccc2c1)C(=O)NC(=O)NC(C)(C)C. The number of nitrogens with one attached hydrogen (secondary N) is 3. The van der Waals surface area contributed by atoms with Gasteiger partial charge in [-0.25, -0.2) is 17.9 Å². The topological polar surface area (TPSA) is 131 Å². The Morgan fingerprint density at radius 1 is 1.03 bits per heavy atom. The minimum Gasteiger partial charge on any atom is -0.452 e. The molecule has 10 heteroatoms. The molecule has 2 aromatic rings. The normalized spacial score (nSPS) is 12.8. The van der Waals surface area contributed by atoms with Crippen molar-refractivity contribution in [3.8, 4) is 0 Å². The lowest BCUT2D eigenvalue weighted by Gasteiger charge is -2.21. The van der Waals surface area contributed by atoms with Crippen LogP contribution in [0.15, 0.2) is 47.4 Å². The van der Waals surface area contributed by atoms with Crippen LogP contribution in [0.2, 0.25) is 0 Å². The molecule has 0 saturated heterocycles. The summed E-state index contributed by atoms with van der Waals surface area (Å²) in [6.07, 6.45) is -1.49. The highest BCUT2D eigenvalue weighted by atomic mass is 32.2. The summed E-state index contributed by atoms with van der Waals surface area (Å²) in [5.74, 6) is -1.56. The molecule has 9 nitrogen and oxygen atoms in total. The third-order valence-corrected chi connectivity index (χ3v) is 5.51. The van der Waals surface area contributed by atoms with Crippen LogP contribution < -0.4 is 15.4 Å². The van der Waals surface area contributed by atoms with Gasteiger partial charge in [0.15, 0.2) is 6.10 Å². The third kappa shape index (κ3) is 7.65. The van der Waals surface area contributed by atoms with Gasteiger partial charge >= 0.3 is 12.0 Å². The number of esters is 1. The van der Waals surface area contributed by atoms with Gasteiger partial charge in [0.25, 0.3) is 5.91 Å². The summed E-state index contributed by atoms with van der Waals surface area (Å²) in [5, 5.41) is 6.32. The van der Waals surface area contributed by atoms with Crippen molar-refractivity contribution < 1.29 is 27.5 Å². The number of carbonyl (C=O) groups is 3. The van der Waals surface area contributed by atoms with Crippen LogP contribution in [-0.4, -0.2) is 44.5 Å². The first-order valence-corrected chi connectivity index (χ1v) is 11.2. The lowest BCUT2D eigenvalue weighted by atomic mass is 10.1. The zero-order valence-electron chi connectivity index (χ0n) is 17.9. The Hall–Kier alpha value is -2.98. The second-order valence-corrected chi connectivity index (χ2v) is 9.75. The molecule has 168 valence electrons. The molecule has 1 unspecified atom stereocenters. The van der Waals surface area contributed by atoms with E-state index in [0.29, 0.717) is 0 Å². The van der Waals surface area contributed by atoms with E-state index in [4.69, 9.17) is 4.74 Å². The van der Waals surface area contributed by atoms with E-state index in [-0.39, 0.29) is 17.9 Å². The van der Waals surface area contributed by atoms with E-state index in [1.54, 1.807) is 39.0 Å². The summed E-state index contributed by atoms with van der Waals surface area (Å²) in [6.45, 7) is 6.36. The van der Waals surface area contributed by atoms with E-state index >= 15 is 0 Å². The quantitative estimate of drug-likeness (QED) is 0.555. The Morgan fingerprint density at radius 3 is 2.32 bits per heavy atom. The Bertz CT molecular complexity index is 1080. The van der Waals surface area contributed by atoms with Gasteiger partial charge in [-0.1, -0.05) is 30.3 Å². The highest BCUT2D eigenvalue weighted by Crippen LogP contribution is 2.18. The molecule has 3 amide bonds. The number of hydrogen-bond acceptors (Lipinski definition) is 6. The summed E-state index contributed by atoms with van der Waals surface area (Å²) < 4.78 is 32.2. The number of rotatable bonds is 7. The molecule has 0 aliphatic rings. The standard InChI is InChI=1S/C21H27N3O6S/c1-14(19(26)23-20(27)24-21(2,3)4)30-18(25)11-12-22-31(28,29)17-10-9-15-7-5-6-8-16(15)13-17/h5-10,13-14,22H,11-12H2,1-4H3,(H2,23,24,26,27). The van der Waals surface area contributed by atoms with Crippen molar-refractivity contribution in [3.63, 3.8) is 0 Å². The van der Waals surface area contributed by atoms with E-state index in [2.05, 4.69) is 15.4 Å². The predicted octanol–water partition coefficient (Wildman–Crippen LogP) is 2.06. The summed E-state index contributed by atoms with van der Waals surface area (Å²) in [6, 6.07) is 11.4. The lowest BCUT2D eigenvalue weighted by molar-refractivity contribution is -0.154. The van der Waals surface area contributed by atoms with Crippen LogP contribution in [0.5, 0.6) is 0 Å². The number of hydrogen-bond donors (Lipinski definition) is 3. The molecule has 0 spiro atoms. The average Bonchev–Trinajstić information content (AvgIpc) is 2.65. The monoisotopic (exact) mass is 449 g/mol. The maximum atomic E-state index is 12.5. The number of ether oxygens (including phenoxy) is 1. The number of sulfonamides is 1. The molecule has 0 bridgehead atoms. The molecule has 0 radical (unpaired) electrons. The van der Waals surface area contributed by atoms with Crippen LogP contribution in [0.1, 0.15) is 34.1 Å². The smallest absolute Gasteiger partial charge is 0.321 e. The molecule has 2 rings (SSSR count). The van der Waals surface area contributed by atoms with E-state index in [0.717, 1.165) is 10.8 Å². The van der Waals surface area contributed by atoms with E-state index in [1.165, 1.54) is 13.0 Å². The molecule has 31 heavy (non-hydrogen) atoms. The Morgan fingerprint density at radius 2 is 1.68 bits per heavy atom. The molecule has 2 aromatic carbocycles. The minimum atomic E-state index is -3.82. The van der Waals surface area contributed by atoms with Crippen LogP contribution in [0.25, 0.3) is 10.8 Å². The van der Waals surface area contributed by atoms with Crippen molar-refractivity contribution in [1.29, 1.82) is 0 Å². The molecule has 0 fully saturated rings. The molecule has 0 aliphatic carbocycles. The fourth-order valence-electron chi connectivity index (χ4n) is 2.60. The number of imide groups is 1. The second-order valence-electron chi connectivity index (χ2n) is 7.98. The largest absolute Gasteiger partial charge is 0.452 e. The number of fused-ring (bicyclic) bond motifs is 1. The van der Waals surface area contributed by atoms with Gasteiger partial charge in [0.05, 0.1) is 11.3 Å². The van der Waals surface area contributed by atoms with Crippen molar-refractivity contribution in [2.24, 2.45) is 0 Å². The first kappa shape index (κ1) is 24.3. The highest BCUT2D eigenvalue weighted by molar-refractivity contribution is 7.89. The van der Waals surface area contributed by atoms with Crippen molar-refractivity contribution in [2.45, 2.75) is 50.7 Å². The van der Waals surface area contributed by atoms with Gasteiger partial charge in [-0.2, -0.15) is 0 Å². The molecule has 0 aliphatic heterocycles. The number of urea groups is 1. The van der Waals surface area contributed by atoms with Crippen LogP contribution in [0, 0.1) is 0 Å². The Kier molecular flexibility index (Phi) is 7.75. The van der Waals surface area contributed by atoms with E-state index in [9.17, 15) is 22.8 Å². The van der Waals surface area contributed by atoms with Crippen molar-refractivity contribution in [2.75, 3.05) is 6.54 Å². The highest BCUT2D eigenvalue weighted by Gasteiger charge is 2.22. The minimum absolute atomic E-state index is 0.0807. The van der Waals surface area contributed by atoms with Crippen LogP contribution in [0.3, 0.4) is 0 Å². The molecule has 3 N–H and O–H groups in total. The molecule has 1 atom stereocenters. The van der Waals surface area contributed by atoms with Crippen molar-refractivity contribution in [3.05, 3.63) is 42.5 Å². The third-order valence-electron chi connectivity index (χ3n) is 4.06. The Balaban J connectivity index is 1.83. The molecular formula is C21H27N3O6S. The van der Waals surface area contributed by atoms with Crippen molar-refractivity contribution in [1.82, 2.24) is 15.4 Å². The zero-order chi connectivity index (χ0) is 23.2. The Labute approximate surface area is 181 Å². The second kappa shape index (κ2) is 9.88. The number of benzene rings is 2. The summed E-state index contributed by atoms with van der Waals surface area (Å²) in [7, 11) is -3.82. The van der Waals surface area contributed by atoms with Gasteiger partial charge < -0.3 is 10.1 Å². The van der Waals surface area contributed by atoms with Crippen LogP contribution in [0.4, 0.5) is 4.79 Å². The fraction of sp³-hybridized carbons (Fsp3) is 0.381. The number of carbonyl (C=O) groups excluding carboxylic acids is 3. The van der Waals surface area contributed by atoms with Gasteiger partial charge in [-0.3, -0.25) is 14.9 Å². The summed E-state index contributed by atoms with van der Waals surface area (Å²) in [4.78, 5) is 35.7. The lowest BCUT2D eigenvalue weighted by Crippen LogP contribution is -2.50.